The number of rotatable bonds is 3. The molecule has 132 valence electrons. The van der Waals surface area contributed by atoms with Crippen molar-refractivity contribution < 1.29 is 0 Å². The molecule has 2 aromatic carbocycles. The summed E-state index contributed by atoms with van der Waals surface area (Å²) in [4.78, 5) is 21.6. The Morgan fingerprint density at radius 2 is 1.77 bits per heavy atom. The lowest BCUT2D eigenvalue weighted by atomic mass is 10.1. The van der Waals surface area contributed by atoms with Gasteiger partial charge < -0.3 is 4.98 Å². The fourth-order valence-corrected chi connectivity index (χ4v) is 4.20. The molecule has 5 heteroatoms. The molecule has 2 heterocycles. The molecule has 2 aromatic heterocycles. The van der Waals surface area contributed by atoms with E-state index in [-0.39, 0.29) is 5.56 Å². The second-order valence-corrected chi connectivity index (χ2v) is 8.49. The van der Waals surface area contributed by atoms with Gasteiger partial charge in [-0.15, -0.1) is 0 Å². The number of para-hydroxylation sites is 1. The van der Waals surface area contributed by atoms with E-state index in [9.17, 15) is 4.79 Å². The van der Waals surface area contributed by atoms with Crippen LogP contribution < -0.4 is 5.56 Å². The van der Waals surface area contributed by atoms with Crippen molar-refractivity contribution >= 4 is 33.7 Å². The minimum atomic E-state index is -0.0562. The topological polar surface area (TPSA) is 50.7 Å². The molecule has 26 heavy (non-hydrogen) atoms. The fraction of sp³-hybridized carbons (Fsp3) is 0.238. The Morgan fingerprint density at radius 3 is 2.46 bits per heavy atom. The summed E-state index contributed by atoms with van der Waals surface area (Å²) in [6, 6.07) is 14.1. The van der Waals surface area contributed by atoms with Gasteiger partial charge >= 0.3 is 0 Å². The number of aryl methyl sites for hydroxylation is 2. The van der Waals surface area contributed by atoms with Crippen LogP contribution in [0.1, 0.15) is 25.0 Å². The number of fused-ring (bicyclic) bond motifs is 3. The molecule has 0 spiro atoms. The first-order valence-electron chi connectivity index (χ1n) is 8.73. The quantitative estimate of drug-likeness (QED) is 0.412. The largest absolute Gasteiger partial charge is 0.349 e. The van der Waals surface area contributed by atoms with Gasteiger partial charge in [0.25, 0.3) is 5.56 Å². The van der Waals surface area contributed by atoms with Crippen LogP contribution in [0.2, 0.25) is 0 Å². The molecule has 0 aliphatic rings. The van der Waals surface area contributed by atoms with Crippen LogP contribution in [0.4, 0.5) is 0 Å². The first kappa shape index (κ1) is 16.9. The van der Waals surface area contributed by atoms with Crippen LogP contribution in [0.25, 0.3) is 27.6 Å². The summed E-state index contributed by atoms with van der Waals surface area (Å²) in [7, 11) is 0. The number of H-pyrrole nitrogens is 1. The number of hydrogen-bond donors (Lipinski definition) is 1. The number of nitrogens with zero attached hydrogens (tertiary/aromatic N) is 2. The fourth-order valence-electron chi connectivity index (χ4n) is 3.34. The Labute approximate surface area is 156 Å². The maximum Gasteiger partial charge on any atom is 0.283 e. The van der Waals surface area contributed by atoms with Crippen molar-refractivity contribution in [2.75, 3.05) is 0 Å². The van der Waals surface area contributed by atoms with Gasteiger partial charge in [0.05, 0.1) is 5.69 Å². The molecule has 0 bridgehead atoms. The molecule has 0 saturated heterocycles. The van der Waals surface area contributed by atoms with E-state index >= 15 is 0 Å². The lowest BCUT2D eigenvalue weighted by molar-refractivity contribution is 0.813. The van der Waals surface area contributed by atoms with E-state index in [4.69, 9.17) is 4.98 Å². The van der Waals surface area contributed by atoms with Gasteiger partial charge in [0.1, 0.15) is 11.0 Å². The van der Waals surface area contributed by atoms with Crippen molar-refractivity contribution in [2.24, 2.45) is 0 Å². The molecule has 4 aromatic rings. The van der Waals surface area contributed by atoms with E-state index < -0.39 is 0 Å². The van der Waals surface area contributed by atoms with E-state index in [0.29, 0.717) is 10.8 Å². The average molecular weight is 363 g/mol. The highest BCUT2D eigenvalue weighted by Gasteiger charge is 2.18. The van der Waals surface area contributed by atoms with Gasteiger partial charge in [-0.25, -0.2) is 4.98 Å². The zero-order valence-electron chi connectivity index (χ0n) is 15.3. The first-order chi connectivity index (χ1) is 12.4. The highest BCUT2D eigenvalue weighted by atomic mass is 32.2. The van der Waals surface area contributed by atoms with Crippen molar-refractivity contribution in [3.63, 3.8) is 0 Å². The number of nitrogens with one attached hydrogen (secondary N) is 1. The molecule has 0 amide bonds. The van der Waals surface area contributed by atoms with Crippen LogP contribution in [-0.4, -0.2) is 19.8 Å². The van der Waals surface area contributed by atoms with Gasteiger partial charge in [0.15, 0.2) is 5.16 Å². The summed E-state index contributed by atoms with van der Waals surface area (Å²) in [5.74, 6) is 0. The van der Waals surface area contributed by atoms with E-state index in [1.807, 2.05) is 50.2 Å². The number of benzene rings is 2. The highest BCUT2D eigenvalue weighted by Crippen LogP contribution is 2.28. The Morgan fingerprint density at radius 1 is 1.08 bits per heavy atom. The standard InChI is InChI=1S/C21H21N3OS/c1-12(2)26-21-23-18-16-7-5-6-8-17(16)22-19(18)20(25)24(21)15-10-13(3)9-14(4)11-15/h5-12,22H,1-4H3. The summed E-state index contributed by atoms with van der Waals surface area (Å²) >= 11 is 1.61. The number of aromatic nitrogens is 3. The first-order valence-corrected chi connectivity index (χ1v) is 9.61. The zero-order chi connectivity index (χ0) is 18.4. The van der Waals surface area contributed by atoms with Crippen molar-refractivity contribution in [1.29, 1.82) is 0 Å². The van der Waals surface area contributed by atoms with Gasteiger partial charge in [-0.1, -0.05) is 49.9 Å². The van der Waals surface area contributed by atoms with Crippen molar-refractivity contribution in [2.45, 2.75) is 38.1 Å². The predicted molar refractivity (Wildman–Crippen MR) is 110 cm³/mol. The van der Waals surface area contributed by atoms with Crippen LogP contribution in [-0.2, 0) is 0 Å². The molecule has 1 N–H and O–H groups in total. The number of thioether (sulfide) groups is 1. The Bertz CT molecular complexity index is 1170. The molecule has 0 saturated carbocycles. The molecule has 0 unspecified atom stereocenters. The maximum atomic E-state index is 13.4. The molecule has 0 atom stereocenters. The minimum absolute atomic E-state index is 0.0562. The summed E-state index contributed by atoms with van der Waals surface area (Å²) in [6.07, 6.45) is 0. The van der Waals surface area contributed by atoms with Crippen LogP contribution >= 0.6 is 11.8 Å². The highest BCUT2D eigenvalue weighted by molar-refractivity contribution is 7.99. The van der Waals surface area contributed by atoms with Crippen LogP contribution in [0.15, 0.2) is 52.4 Å². The van der Waals surface area contributed by atoms with E-state index in [2.05, 4.69) is 24.9 Å². The van der Waals surface area contributed by atoms with Crippen molar-refractivity contribution in [3.8, 4) is 5.69 Å². The van der Waals surface area contributed by atoms with Crippen LogP contribution in [0.5, 0.6) is 0 Å². The van der Waals surface area contributed by atoms with E-state index in [1.165, 1.54) is 0 Å². The Kier molecular flexibility index (Phi) is 4.11. The molecule has 0 aliphatic carbocycles. The lowest BCUT2D eigenvalue weighted by Gasteiger charge is -2.14. The zero-order valence-corrected chi connectivity index (χ0v) is 16.1. The Balaban J connectivity index is 2.11. The van der Waals surface area contributed by atoms with Crippen molar-refractivity contribution in [1.82, 2.24) is 14.5 Å². The third-order valence-electron chi connectivity index (χ3n) is 4.30. The second kappa shape index (κ2) is 6.32. The smallest absolute Gasteiger partial charge is 0.283 e. The monoisotopic (exact) mass is 363 g/mol. The third-order valence-corrected chi connectivity index (χ3v) is 5.26. The molecule has 4 rings (SSSR count). The van der Waals surface area contributed by atoms with Gasteiger partial charge in [-0.2, -0.15) is 0 Å². The van der Waals surface area contributed by atoms with Crippen molar-refractivity contribution in [3.05, 3.63) is 63.9 Å². The molecule has 0 aliphatic heterocycles. The van der Waals surface area contributed by atoms with E-state index in [0.717, 1.165) is 38.4 Å². The number of aromatic amines is 1. The third kappa shape index (κ3) is 2.82. The summed E-state index contributed by atoms with van der Waals surface area (Å²) in [5.41, 5.74) is 5.30. The number of hydrogen-bond acceptors (Lipinski definition) is 3. The summed E-state index contributed by atoms with van der Waals surface area (Å²) < 4.78 is 1.74. The SMILES string of the molecule is Cc1cc(C)cc(-n2c(SC(C)C)nc3c([nH]c4ccccc43)c2=O)c1. The molecule has 4 nitrogen and oxygen atoms in total. The van der Waals surface area contributed by atoms with Crippen LogP contribution in [0, 0.1) is 13.8 Å². The molecule has 0 radical (unpaired) electrons. The summed E-state index contributed by atoms with van der Waals surface area (Å²) in [5, 5.41) is 2.03. The van der Waals surface area contributed by atoms with Gasteiger partial charge in [-0.3, -0.25) is 9.36 Å². The normalized spacial score (nSPS) is 11.7. The van der Waals surface area contributed by atoms with Gasteiger partial charge in [-0.05, 0) is 43.2 Å². The average Bonchev–Trinajstić information content (AvgIpc) is 2.93. The molecular weight excluding hydrogens is 342 g/mol. The van der Waals surface area contributed by atoms with E-state index in [1.54, 1.807) is 16.3 Å². The lowest BCUT2D eigenvalue weighted by Crippen LogP contribution is -2.22. The second-order valence-electron chi connectivity index (χ2n) is 6.94. The predicted octanol–water partition coefficient (Wildman–Crippen LogP) is 4.98. The molecule has 0 fully saturated rings. The molecular formula is C21H21N3OS. The maximum absolute atomic E-state index is 13.4. The van der Waals surface area contributed by atoms with Crippen LogP contribution in [0.3, 0.4) is 0 Å². The summed E-state index contributed by atoms with van der Waals surface area (Å²) in [6.45, 7) is 8.32. The minimum Gasteiger partial charge on any atom is -0.349 e. The van der Waals surface area contributed by atoms with Gasteiger partial charge in [0, 0.05) is 16.2 Å². The Hall–Kier alpha value is -2.53. The van der Waals surface area contributed by atoms with Gasteiger partial charge in [0.2, 0.25) is 0 Å².